The van der Waals surface area contributed by atoms with Gasteiger partial charge in [0.05, 0.1) is 16.5 Å². The van der Waals surface area contributed by atoms with Gasteiger partial charge in [-0.05, 0) is 35.1 Å². The van der Waals surface area contributed by atoms with E-state index in [4.69, 9.17) is 0 Å². The molecule has 0 unspecified atom stereocenters. The van der Waals surface area contributed by atoms with Crippen LogP contribution in [0.15, 0.2) is 17.0 Å². The van der Waals surface area contributed by atoms with Crippen molar-refractivity contribution >= 4 is 10.0 Å². The van der Waals surface area contributed by atoms with Crippen molar-refractivity contribution in [3.05, 3.63) is 28.8 Å². The summed E-state index contributed by atoms with van der Waals surface area (Å²) >= 11 is 0. The molecule has 0 spiro atoms. The Bertz CT molecular complexity index is 667. The van der Waals surface area contributed by atoms with Crippen molar-refractivity contribution in [1.29, 1.82) is 5.26 Å². The van der Waals surface area contributed by atoms with Crippen molar-refractivity contribution in [2.75, 3.05) is 13.1 Å². The van der Waals surface area contributed by atoms with Crippen molar-refractivity contribution in [2.45, 2.75) is 58.3 Å². The van der Waals surface area contributed by atoms with Crippen LogP contribution in [0, 0.1) is 11.3 Å². The highest BCUT2D eigenvalue weighted by molar-refractivity contribution is 7.89. The van der Waals surface area contributed by atoms with Crippen LogP contribution in [0.2, 0.25) is 0 Å². The van der Waals surface area contributed by atoms with Gasteiger partial charge >= 0.3 is 0 Å². The smallest absolute Gasteiger partial charge is 0.207 e. The predicted molar refractivity (Wildman–Crippen MR) is 89.4 cm³/mol. The topological polar surface area (TPSA) is 61.2 Å². The molecule has 0 N–H and O–H groups in total. The van der Waals surface area contributed by atoms with Gasteiger partial charge in [0.2, 0.25) is 10.0 Å². The average Bonchev–Trinajstić information content (AvgIpc) is 2.46. The number of rotatable bonds is 6. The summed E-state index contributed by atoms with van der Waals surface area (Å²) in [6, 6.07) is 5.65. The minimum absolute atomic E-state index is 0.0358. The lowest BCUT2D eigenvalue weighted by Crippen LogP contribution is -2.31. The van der Waals surface area contributed by atoms with E-state index in [0.29, 0.717) is 29.1 Å². The van der Waals surface area contributed by atoms with Gasteiger partial charge in [0.15, 0.2) is 0 Å². The van der Waals surface area contributed by atoms with Gasteiger partial charge in [-0.2, -0.15) is 9.57 Å². The van der Waals surface area contributed by atoms with Crippen LogP contribution in [0.1, 0.15) is 70.1 Å². The monoisotopic (exact) mass is 322 g/mol. The Kier molecular flexibility index (Phi) is 6.16. The zero-order valence-electron chi connectivity index (χ0n) is 14.3. The Labute approximate surface area is 134 Å². The predicted octanol–water partition coefficient (Wildman–Crippen LogP) is 3.84. The van der Waals surface area contributed by atoms with Crippen LogP contribution >= 0.6 is 0 Å². The average molecular weight is 322 g/mol. The molecule has 1 aromatic rings. The minimum atomic E-state index is -3.53. The van der Waals surface area contributed by atoms with E-state index in [9.17, 15) is 13.7 Å². The number of sulfonamides is 1. The number of hydrogen-bond acceptors (Lipinski definition) is 3. The highest BCUT2D eigenvalue weighted by Crippen LogP contribution is 2.32. The Balaban J connectivity index is 3.72. The van der Waals surface area contributed by atoms with Gasteiger partial charge in [-0.25, -0.2) is 8.42 Å². The van der Waals surface area contributed by atoms with Crippen LogP contribution in [0.25, 0.3) is 0 Å². The van der Waals surface area contributed by atoms with Gasteiger partial charge in [-0.15, -0.1) is 0 Å². The molecule has 0 aliphatic carbocycles. The van der Waals surface area contributed by atoms with Crippen molar-refractivity contribution in [1.82, 2.24) is 4.31 Å². The fraction of sp³-hybridized carbons (Fsp3) is 0.588. The van der Waals surface area contributed by atoms with Crippen LogP contribution < -0.4 is 0 Å². The molecule has 0 saturated heterocycles. The lowest BCUT2D eigenvalue weighted by Gasteiger charge is -2.23. The van der Waals surface area contributed by atoms with E-state index in [1.165, 1.54) is 4.31 Å². The molecule has 122 valence electrons. The first-order chi connectivity index (χ1) is 10.2. The van der Waals surface area contributed by atoms with Crippen molar-refractivity contribution < 1.29 is 8.42 Å². The second kappa shape index (κ2) is 7.26. The Morgan fingerprint density at radius 1 is 1.05 bits per heavy atom. The number of benzene rings is 1. The lowest BCUT2D eigenvalue weighted by molar-refractivity contribution is 0.444. The molecule has 0 aliphatic rings. The van der Waals surface area contributed by atoms with Gasteiger partial charge in [-0.1, -0.05) is 41.5 Å². The van der Waals surface area contributed by atoms with Gasteiger partial charge in [0.1, 0.15) is 0 Å². The standard InChI is InChI=1S/C17H26N2O2S/c1-7-19(8-2)22(20,21)17-10-15(12(3)4)14(11-18)9-16(17)13(5)6/h9-10,12-13H,7-8H2,1-6H3. The van der Waals surface area contributed by atoms with Gasteiger partial charge in [0.25, 0.3) is 0 Å². The third-order valence-corrected chi connectivity index (χ3v) is 5.98. The summed E-state index contributed by atoms with van der Waals surface area (Å²) in [6.07, 6.45) is 0. The molecule has 0 amide bonds. The van der Waals surface area contributed by atoms with E-state index in [-0.39, 0.29) is 11.8 Å². The molecule has 0 radical (unpaired) electrons. The molecule has 0 fully saturated rings. The van der Waals surface area contributed by atoms with Crippen LogP contribution in [-0.4, -0.2) is 25.8 Å². The molecule has 4 nitrogen and oxygen atoms in total. The largest absolute Gasteiger partial charge is 0.243 e. The second-order valence-corrected chi connectivity index (χ2v) is 7.89. The summed E-state index contributed by atoms with van der Waals surface area (Å²) in [7, 11) is -3.53. The summed E-state index contributed by atoms with van der Waals surface area (Å²) in [6.45, 7) is 12.4. The second-order valence-electron chi connectivity index (χ2n) is 5.99. The van der Waals surface area contributed by atoms with Gasteiger partial charge in [0, 0.05) is 13.1 Å². The van der Waals surface area contributed by atoms with E-state index in [0.717, 1.165) is 5.56 Å². The summed E-state index contributed by atoms with van der Waals surface area (Å²) < 4.78 is 27.3. The van der Waals surface area contributed by atoms with Crippen molar-refractivity contribution in [3.8, 4) is 6.07 Å². The van der Waals surface area contributed by atoms with Crippen LogP contribution in [0.5, 0.6) is 0 Å². The third kappa shape index (κ3) is 3.50. The normalized spacial score (nSPS) is 12.2. The first-order valence-corrected chi connectivity index (χ1v) is 9.22. The van der Waals surface area contributed by atoms with Crippen molar-refractivity contribution in [2.24, 2.45) is 0 Å². The van der Waals surface area contributed by atoms with E-state index < -0.39 is 10.0 Å². The lowest BCUT2D eigenvalue weighted by atomic mass is 9.92. The summed E-state index contributed by atoms with van der Waals surface area (Å²) in [5.41, 5.74) is 2.07. The zero-order chi connectivity index (χ0) is 17.1. The quantitative estimate of drug-likeness (QED) is 0.799. The fourth-order valence-electron chi connectivity index (χ4n) is 2.56. The van der Waals surface area contributed by atoms with E-state index in [2.05, 4.69) is 6.07 Å². The molecular weight excluding hydrogens is 296 g/mol. The molecule has 22 heavy (non-hydrogen) atoms. The maximum atomic E-state index is 12.9. The molecule has 0 aliphatic heterocycles. The number of nitrogens with zero attached hydrogens (tertiary/aromatic N) is 2. The zero-order valence-corrected chi connectivity index (χ0v) is 15.2. The maximum Gasteiger partial charge on any atom is 0.243 e. The summed E-state index contributed by atoms with van der Waals surface area (Å²) in [4.78, 5) is 0.342. The molecule has 5 heteroatoms. The minimum Gasteiger partial charge on any atom is -0.207 e. The maximum absolute atomic E-state index is 12.9. The Hall–Kier alpha value is -1.38. The molecule has 0 atom stereocenters. The summed E-state index contributed by atoms with van der Waals surface area (Å²) in [5.74, 6) is 0.134. The van der Waals surface area contributed by atoms with Gasteiger partial charge in [-0.3, -0.25) is 0 Å². The van der Waals surface area contributed by atoms with Crippen LogP contribution in [0.3, 0.4) is 0 Å². The van der Waals surface area contributed by atoms with Crippen molar-refractivity contribution in [3.63, 3.8) is 0 Å². The molecule has 1 aromatic carbocycles. The number of nitriles is 1. The Morgan fingerprint density at radius 3 is 1.91 bits per heavy atom. The first-order valence-electron chi connectivity index (χ1n) is 7.78. The highest BCUT2D eigenvalue weighted by atomic mass is 32.2. The molecule has 0 bridgehead atoms. The van der Waals surface area contributed by atoms with E-state index in [1.807, 2.05) is 41.5 Å². The number of hydrogen-bond donors (Lipinski definition) is 0. The molecule has 1 rings (SSSR count). The fourth-order valence-corrected chi connectivity index (χ4v) is 4.39. The third-order valence-electron chi connectivity index (χ3n) is 3.87. The van der Waals surface area contributed by atoms with Crippen LogP contribution in [-0.2, 0) is 10.0 Å². The van der Waals surface area contributed by atoms with E-state index in [1.54, 1.807) is 12.1 Å². The molecule has 0 heterocycles. The van der Waals surface area contributed by atoms with Gasteiger partial charge < -0.3 is 0 Å². The highest BCUT2D eigenvalue weighted by Gasteiger charge is 2.27. The Morgan fingerprint density at radius 2 is 1.55 bits per heavy atom. The molecular formula is C17H26N2O2S. The SMILES string of the molecule is CCN(CC)S(=O)(=O)c1cc(C(C)C)c(C#N)cc1C(C)C. The molecule has 0 saturated carbocycles. The van der Waals surface area contributed by atoms with E-state index >= 15 is 0 Å². The first kappa shape index (κ1) is 18.7. The molecule has 0 aromatic heterocycles. The summed E-state index contributed by atoms with van der Waals surface area (Å²) in [5, 5.41) is 9.36. The van der Waals surface area contributed by atoms with Crippen LogP contribution in [0.4, 0.5) is 0 Å².